The van der Waals surface area contributed by atoms with Crippen molar-refractivity contribution in [3.8, 4) is 5.75 Å². The highest BCUT2D eigenvalue weighted by Gasteiger charge is 2.11. The molecule has 0 fully saturated rings. The SMILES string of the molecule is CC(C)=CCc1c(O)ccc2c1[nH]c1cc(Cl)ccc12. The molecule has 0 radical (unpaired) electrons. The molecule has 3 heteroatoms. The van der Waals surface area contributed by atoms with Crippen molar-refractivity contribution in [1.29, 1.82) is 0 Å². The molecule has 0 aliphatic rings. The van der Waals surface area contributed by atoms with Crippen LogP contribution in [0.2, 0.25) is 5.02 Å². The van der Waals surface area contributed by atoms with E-state index in [1.807, 2.05) is 24.3 Å². The third kappa shape index (κ3) is 2.16. The van der Waals surface area contributed by atoms with Crippen LogP contribution in [0, 0.1) is 0 Å². The molecule has 20 heavy (non-hydrogen) atoms. The van der Waals surface area contributed by atoms with Gasteiger partial charge in [-0.3, -0.25) is 0 Å². The zero-order valence-corrected chi connectivity index (χ0v) is 12.3. The zero-order chi connectivity index (χ0) is 14.3. The van der Waals surface area contributed by atoms with Gasteiger partial charge in [0, 0.05) is 26.9 Å². The Labute approximate surface area is 122 Å². The highest BCUT2D eigenvalue weighted by Crippen LogP contribution is 2.33. The van der Waals surface area contributed by atoms with E-state index in [1.54, 1.807) is 6.07 Å². The van der Waals surface area contributed by atoms with E-state index in [-0.39, 0.29) is 0 Å². The molecule has 0 bridgehead atoms. The largest absolute Gasteiger partial charge is 0.508 e. The quantitative estimate of drug-likeness (QED) is 0.625. The molecule has 0 amide bonds. The van der Waals surface area contributed by atoms with Crippen LogP contribution < -0.4 is 0 Å². The van der Waals surface area contributed by atoms with Gasteiger partial charge in [-0.1, -0.05) is 29.3 Å². The van der Waals surface area contributed by atoms with Crippen LogP contribution in [0.5, 0.6) is 5.75 Å². The first-order valence-corrected chi connectivity index (χ1v) is 6.99. The molecular weight excluding hydrogens is 270 g/mol. The Morgan fingerprint density at radius 1 is 1.20 bits per heavy atom. The first kappa shape index (κ1) is 13.1. The summed E-state index contributed by atoms with van der Waals surface area (Å²) in [6, 6.07) is 9.53. The third-order valence-electron chi connectivity index (χ3n) is 3.53. The Kier molecular flexibility index (Phi) is 3.19. The van der Waals surface area contributed by atoms with Crippen molar-refractivity contribution in [1.82, 2.24) is 4.98 Å². The Balaban J connectivity index is 2.30. The van der Waals surface area contributed by atoms with Crippen LogP contribution in [-0.4, -0.2) is 10.1 Å². The van der Waals surface area contributed by atoms with Gasteiger partial charge in [0.1, 0.15) is 5.75 Å². The summed E-state index contributed by atoms with van der Waals surface area (Å²) in [5, 5.41) is 13.1. The molecular formula is C17H16ClNO. The summed E-state index contributed by atoms with van der Waals surface area (Å²) in [6.07, 6.45) is 2.83. The molecule has 1 aromatic heterocycles. The fourth-order valence-corrected chi connectivity index (χ4v) is 2.68. The topological polar surface area (TPSA) is 36.0 Å². The molecule has 2 nitrogen and oxygen atoms in total. The van der Waals surface area contributed by atoms with Gasteiger partial charge in [0.15, 0.2) is 0 Å². The Hall–Kier alpha value is -1.93. The summed E-state index contributed by atoms with van der Waals surface area (Å²) in [5.41, 5.74) is 4.15. The Bertz CT molecular complexity index is 826. The van der Waals surface area contributed by atoms with Crippen LogP contribution in [0.1, 0.15) is 19.4 Å². The normalized spacial score (nSPS) is 11.2. The number of rotatable bonds is 2. The molecule has 0 aliphatic heterocycles. The maximum Gasteiger partial charge on any atom is 0.121 e. The monoisotopic (exact) mass is 285 g/mol. The molecule has 0 saturated heterocycles. The van der Waals surface area contributed by atoms with Crippen LogP contribution in [0.3, 0.4) is 0 Å². The molecule has 3 rings (SSSR count). The lowest BCUT2D eigenvalue weighted by atomic mass is 10.0. The predicted molar refractivity (Wildman–Crippen MR) is 85.6 cm³/mol. The van der Waals surface area contributed by atoms with Crippen LogP contribution in [0.15, 0.2) is 42.0 Å². The first-order chi connectivity index (χ1) is 9.56. The van der Waals surface area contributed by atoms with Gasteiger partial charge >= 0.3 is 0 Å². The van der Waals surface area contributed by atoms with Gasteiger partial charge in [0.25, 0.3) is 0 Å². The number of phenolic OH excluding ortho intramolecular Hbond substituents is 1. The number of aromatic nitrogens is 1. The second-order valence-electron chi connectivity index (χ2n) is 5.29. The first-order valence-electron chi connectivity index (χ1n) is 6.61. The smallest absolute Gasteiger partial charge is 0.121 e. The predicted octanol–water partition coefficient (Wildman–Crippen LogP) is 5.19. The minimum absolute atomic E-state index is 0.327. The fourth-order valence-electron chi connectivity index (χ4n) is 2.51. The standard InChI is InChI=1S/C17H16ClNO/c1-10(2)3-5-14-16(20)8-7-13-12-6-4-11(18)9-15(12)19-17(13)14/h3-4,6-9,19-20H,5H2,1-2H3. The minimum Gasteiger partial charge on any atom is -0.508 e. The van der Waals surface area contributed by atoms with E-state index in [0.717, 1.165) is 27.4 Å². The van der Waals surface area contributed by atoms with Crippen molar-refractivity contribution in [3.05, 3.63) is 52.6 Å². The molecule has 102 valence electrons. The van der Waals surface area contributed by atoms with Crippen molar-refractivity contribution in [2.24, 2.45) is 0 Å². The number of hydrogen-bond acceptors (Lipinski definition) is 1. The number of fused-ring (bicyclic) bond motifs is 3. The molecule has 0 aliphatic carbocycles. The van der Waals surface area contributed by atoms with Crippen LogP contribution in [0.25, 0.3) is 21.8 Å². The van der Waals surface area contributed by atoms with E-state index in [1.165, 1.54) is 5.57 Å². The molecule has 0 spiro atoms. The highest BCUT2D eigenvalue weighted by atomic mass is 35.5. The lowest BCUT2D eigenvalue weighted by molar-refractivity contribution is 0.471. The van der Waals surface area contributed by atoms with Crippen LogP contribution in [0.4, 0.5) is 0 Å². The summed E-state index contributed by atoms with van der Waals surface area (Å²) in [5.74, 6) is 0.327. The van der Waals surface area contributed by atoms with Crippen molar-refractivity contribution < 1.29 is 5.11 Å². The molecule has 0 atom stereocenters. The van der Waals surface area contributed by atoms with E-state index in [0.29, 0.717) is 17.2 Å². The van der Waals surface area contributed by atoms with E-state index in [2.05, 4.69) is 24.9 Å². The molecule has 0 unspecified atom stereocenters. The number of aromatic hydroxyl groups is 1. The zero-order valence-electron chi connectivity index (χ0n) is 11.5. The number of halogens is 1. The number of allylic oxidation sites excluding steroid dienone is 2. The van der Waals surface area contributed by atoms with Gasteiger partial charge in [0.05, 0.1) is 5.52 Å². The van der Waals surface area contributed by atoms with Crippen LogP contribution in [-0.2, 0) is 6.42 Å². The summed E-state index contributed by atoms with van der Waals surface area (Å²) in [4.78, 5) is 3.38. The third-order valence-corrected chi connectivity index (χ3v) is 3.77. The summed E-state index contributed by atoms with van der Waals surface area (Å²) in [6.45, 7) is 4.12. The van der Waals surface area contributed by atoms with Gasteiger partial charge in [0.2, 0.25) is 0 Å². The summed E-state index contributed by atoms with van der Waals surface area (Å²) in [7, 11) is 0. The van der Waals surface area contributed by atoms with Gasteiger partial charge in [-0.05, 0) is 44.5 Å². The van der Waals surface area contributed by atoms with Crippen molar-refractivity contribution >= 4 is 33.4 Å². The lowest BCUT2D eigenvalue weighted by Crippen LogP contribution is -1.86. The second-order valence-corrected chi connectivity index (χ2v) is 5.72. The van der Waals surface area contributed by atoms with Crippen molar-refractivity contribution in [2.75, 3.05) is 0 Å². The van der Waals surface area contributed by atoms with Gasteiger partial charge in [-0.15, -0.1) is 0 Å². The number of hydrogen-bond donors (Lipinski definition) is 2. The lowest BCUT2D eigenvalue weighted by Gasteiger charge is -2.04. The van der Waals surface area contributed by atoms with Gasteiger partial charge in [-0.25, -0.2) is 0 Å². The Morgan fingerprint density at radius 2 is 1.95 bits per heavy atom. The van der Waals surface area contributed by atoms with E-state index in [9.17, 15) is 5.11 Å². The summed E-state index contributed by atoms with van der Waals surface area (Å²) >= 11 is 6.04. The van der Waals surface area contributed by atoms with E-state index >= 15 is 0 Å². The number of H-pyrrole nitrogens is 1. The maximum atomic E-state index is 10.1. The molecule has 1 heterocycles. The molecule has 2 N–H and O–H groups in total. The fraction of sp³-hybridized carbons (Fsp3) is 0.176. The highest BCUT2D eigenvalue weighted by molar-refractivity contribution is 6.31. The van der Waals surface area contributed by atoms with Gasteiger partial charge < -0.3 is 10.1 Å². The van der Waals surface area contributed by atoms with Crippen molar-refractivity contribution in [2.45, 2.75) is 20.3 Å². The van der Waals surface area contributed by atoms with E-state index < -0.39 is 0 Å². The second kappa shape index (κ2) is 4.88. The minimum atomic E-state index is 0.327. The Morgan fingerprint density at radius 3 is 2.70 bits per heavy atom. The number of phenols is 1. The summed E-state index contributed by atoms with van der Waals surface area (Å²) < 4.78 is 0. The van der Waals surface area contributed by atoms with Crippen molar-refractivity contribution in [3.63, 3.8) is 0 Å². The number of aromatic amines is 1. The van der Waals surface area contributed by atoms with Gasteiger partial charge in [-0.2, -0.15) is 0 Å². The van der Waals surface area contributed by atoms with E-state index in [4.69, 9.17) is 11.6 Å². The maximum absolute atomic E-state index is 10.1. The molecule has 0 saturated carbocycles. The average Bonchev–Trinajstić information content (AvgIpc) is 2.74. The molecule has 2 aromatic carbocycles. The number of nitrogens with one attached hydrogen (secondary N) is 1. The van der Waals surface area contributed by atoms with Crippen LogP contribution >= 0.6 is 11.6 Å². The molecule has 3 aromatic rings. The average molecular weight is 286 g/mol. The number of benzene rings is 2.